The number of amides is 1. The largest absolute Gasteiger partial charge is 0.339 e. The summed E-state index contributed by atoms with van der Waals surface area (Å²) in [5, 5.41) is 11.9. The molecule has 3 rings (SSSR count). The zero-order valence-electron chi connectivity index (χ0n) is 14.4. The molecule has 0 aliphatic heterocycles. The van der Waals surface area contributed by atoms with Crippen LogP contribution in [0.2, 0.25) is 5.02 Å². The quantitative estimate of drug-likeness (QED) is 0.696. The van der Waals surface area contributed by atoms with E-state index in [2.05, 4.69) is 15.5 Å². The topological polar surface area (TPSA) is 58.1 Å². The molecule has 0 fully saturated rings. The number of rotatable bonds is 6. The molecule has 5 nitrogen and oxygen atoms in total. The molecular formula is C20H19ClN4O. The zero-order valence-corrected chi connectivity index (χ0v) is 15.1. The van der Waals surface area contributed by atoms with Crippen LogP contribution in [0.15, 0.2) is 66.7 Å². The van der Waals surface area contributed by atoms with Gasteiger partial charge < -0.3 is 10.2 Å². The lowest BCUT2D eigenvalue weighted by atomic mass is 10.2. The van der Waals surface area contributed by atoms with Gasteiger partial charge in [-0.1, -0.05) is 48.0 Å². The highest BCUT2D eigenvalue weighted by atomic mass is 35.5. The first kappa shape index (κ1) is 17.9. The highest BCUT2D eigenvalue weighted by Gasteiger charge is 2.16. The summed E-state index contributed by atoms with van der Waals surface area (Å²) < 4.78 is 0. The third-order valence-corrected chi connectivity index (χ3v) is 4.10. The number of nitrogens with one attached hydrogen (secondary N) is 1. The lowest BCUT2D eigenvalue weighted by molar-refractivity contribution is 0.0745. The molecule has 1 N–H and O–H groups in total. The number of carbonyl (C=O) groups is 1. The summed E-state index contributed by atoms with van der Waals surface area (Å²) in [4.78, 5) is 14.4. The third kappa shape index (κ3) is 4.58. The van der Waals surface area contributed by atoms with Gasteiger partial charge in [0.25, 0.3) is 5.91 Å². The molecule has 1 aromatic heterocycles. The van der Waals surface area contributed by atoms with Crippen LogP contribution in [0.4, 0.5) is 11.5 Å². The Morgan fingerprint density at radius 1 is 1.04 bits per heavy atom. The van der Waals surface area contributed by atoms with E-state index in [9.17, 15) is 4.79 Å². The minimum absolute atomic E-state index is 0.141. The molecule has 0 aliphatic rings. The number of carbonyl (C=O) groups excluding carboxylic acids is 1. The molecule has 0 spiro atoms. The van der Waals surface area contributed by atoms with E-state index in [4.69, 9.17) is 11.6 Å². The van der Waals surface area contributed by atoms with E-state index in [-0.39, 0.29) is 5.91 Å². The molecule has 0 unspecified atom stereocenters. The Morgan fingerprint density at radius 3 is 2.50 bits per heavy atom. The molecule has 3 aromatic rings. The highest BCUT2D eigenvalue weighted by Crippen LogP contribution is 2.18. The minimum atomic E-state index is -0.141. The van der Waals surface area contributed by atoms with Crippen molar-refractivity contribution in [2.24, 2.45) is 0 Å². The Hall–Kier alpha value is -2.92. The molecule has 26 heavy (non-hydrogen) atoms. The van der Waals surface area contributed by atoms with Gasteiger partial charge in [0, 0.05) is 23.8 Å². The van der Waals surface area contributed by atoms with Crippen molar-refractivity contribution in [1.82, 2.24) is 15.1 Å². The lowest BCUT2D eigenvalue weighted by Crippen LogP contribution is -2.31. The number of halogens is 1. The summed E-state index contributed by atoms with van der Waals surface area (Å²) in [6.07, 6.45) is 0. The molecule has 0 radical (unpaired) electrons. The van der Waals surface area contributed by atoms with Crippen molar-refractivity contribution in [2.45, 2.75) is 13.5 Å². The van der Waals surface area contributed by atoms with Crippen molar-refractivity contribution < 1.29 is 4.79 Å². The van der Waals surface area contributed by atoms with Crippen molar-refractivity contribution in [3.8, 4) is 0 Å². The van der Waals surface area contributed by atoms with Crippen LogP contribution in [0.5, 0.6) is 0 Å². The van der Waals surface area contributed by atoms with E-state index in [0.29, 0.717) is 29.6 Å². The molecule has 1 heterocycles. The predicted molar refractivity (Wildman–Crippen MR) is 104 cm³/mol. The Labute approximate surface area is 157 Å². The Balaban J connectivity index is 1.69. The molecule has 2 aromatic carbocycles. The van der Waals surface area contributed by atoms with Crippen LogP contribution in [-0.2, 0) is 6.54 Å². The van der Waals surface area contributed by atoms with Crippen LogP contribution in [0.25, 0.3) is 0 Å². The van der Waals surface area contributed by atoms with Crippen LogP contribution in [-0.4, -0.2) is 27.5 Å². The summed E-state index contributed by atoms with van der Waals surface area (Å²) in [5.41, 5.74) is 2.21. The van der Waals surface area contributed by atoms with Gasteiger partial charge in [-0.25, -0.2) is 0 Å². The molecule has 0 saturated heterocycles. The van der Waals surface area contributed by atoms with Crippen molar-refractivity contribution in [2.75, 3.05) is 11.9 Å². The van der Waals surface area contributed by atoms with E-state index in [1.807, 2.05) is 49.4 Å². The normalized spacial score (nSPS) is 10.4. The van der Waals surface area contributed by atoms with Crippen LogP contribution in [0, 0.1) is 0 Å². The van der Waals surface area contributed by atoms with Crippen molar-refractivity contribution in [3.05, 3.63) is 83.0 Å². The SMILES string of the molecule is CCN(Cc1ccccc1)C(=O)c1ccc(Nc2cccc(Cl)c2)nn1. The van der Waals surface area contributed by atoms with Gasteiger partial charge in [0.1, 0.15) is 0 Å². The van der Waals surface area contributed by atoms with E-state index >= 15 is 0 Å². The van der Waals surface area contributed by atoms with Crippen molar-refractivity contribution in [1.29, 1.82) is 0 Å². The van der Waals surface area contributed by atoms with Gasteiger partial charge in [0.2, 0.25) is 0 Å². The molecular weight excluding hydrogens is 348 g/mol. The van der Waals surface area contributed by atoms with Gasteiger partial charge in [0.15, 0.2) is 11.5 Å². The number of hydrogen-bond acceptors (Lipinski definition) is 4. The summed E-state index contributed by atoms with van der Waals surface area (Å²) in [5.74, 6) is 0.410. The van der Waals surface area contributed by atoms with Gasteiger partial charge in [0.05, 0.1) is 0 Å². The van der Waals surface area contributed by atoms with Gasteiger partial charge in [-0.15, -0.1) is 10.2 Å². The first-order valence-electron chi connectivity index (χ1n) is 8.35. The number of hydrogen-bond donors (Lipinski definition) is 1. The van der Waals surface area contributed by atoms with Crippen LogP contribution >= 0.6 is 11.6 Å². The van der Waals surface area contributed by atoms with Gasteiger partial charge in [-0.3, -0.25) is 4.79 Å². The lowest BCUT2D eigenvalue weighted by Gasteiger charge is -2.20. The fourth-order valence-electron chi connectivity index (χ4n) is 2.52. The highest BCUT2D eigenvalue weighted by molar-refractivity contribution is 6.30. The van der Waals surface area contributed by atoms with E-state index < -0.39 is 0 Å². The maximum Gasteiger partial charge on any atom is 0.274 e. The smallest absolute Gasteiger partial charge is 0.274 e. The zero-order chi connectivity index (χ0) is 18.4. The molecule has 1 amide bonds. The predicted octanol–water partition coefficient (Wildman–Crippen LogP) is 4.54. The maximum atomic E-state index is 12.7. The summed E-state index contributed by atoms with van der Waals surface area (Å²) in [7, 11) is 0. The standard InChI is InChI=1S/C20H19ClN4O/c1-2-25(14-15-7-4-3-5-8-15)20(26)18-11-12-19(24-23-18)22-17-10-6-9-16(21)13-17/h3-13H,2,14H2,1H3,(H,22,24). The molecule has 6 heteroatoms. The number of nitrogens with zero attached hydrogens (tertiary/aromatic N) is 3. The number of anilines is 2. The second kappa shape index (κ2) is 8.45. The Kier molecular flexibility index (Phi) is 5.81. The van der Waals surface area contributed by atoms with Crippen molar-refractivity contribution in [3.63, 3.8) is 0 Å². The average molecular weight is 367 g/mol. The van der Waals surface area contributed by atoms with Crippen LogP contribution in [0.1, 0.15) is 23.0 Å². The summed E-state index contributed by atoms with van der Waals surface area (Å²) in [6.45, 7) is 3.08. The molecule has 0 bridgehead atoms. The molecule has 0 saturated carbocycles. The fourth-order valence-corrected chi connectivity index (χ4v) is 2.71. The van der Waals surface area contributed by atoms with Gasteiger partial charge in [-0.2, -0.15) is 0 Å². The molecule has 0 aliphatic carbocycles. The number of aromatic nitrogens is 2. The Morgan fingerprint density at radius 2 is 1.85 bits per heavy atom. The van der Waals surface area contributed by atoms with Gasteiger partial charge in [-0.05, 0) is 42.8 Å². The monoisotopic (exact) mass is 366 g/mol. The van der Waals surface area contributed by atoms with E-state index in [1.165, 1.54) is 0 Å². The second-order valence-corrected chi connectivity index (χ2v) is 6.18. The van der Waals surface area contributed by atoms with Gasteiger partial charge >= 0.3 is 0 Å². The first-order chi connectivity index (χ1) is 12.7. The molecule has 0 atom stereocenters. The summed E-state index contributed by atoms with van der Waals surface area (Å²) >= 11 is 5.97. The Bertz CT molecular complexity index is 868. The van der Waals surface area contributed by atoms with E-state index in [1.54, 1.807) is 29.2 Å². The first-order valence-corrected chi connectivity index (χ1v) is 8.73. The molecule has 132 valence electrons. The minimum Gasteiger partial charge on any atom is -0.339 e. The second-order valence-electron chi connectivity index (χ2n) is 5.74. The van der Waals surface area contributed by atoms with Crippen LogP contribution in [0.3, 0.4) is 0 Å². The maximum absolute atomic E-state index is 12.7. The fraction of sp³-hybridized carbons (Fsp3) is 0.150. The van der Waals surface area contributed by atoms with E-state index in [0.717, 1.165) is 11.3 Å². The summed E-state index contributed by atoms with van der Waals surface area (Å²) in [6, 6.07) is 20.6. The third-order valence-electron chi connectivity index (χ3n) is 3.87. The average Bonchev–Trinajstić information content (AvgIpc) is 2.67. The van der Waals surface area contributed by atoms with Crippen molar-refractivity contribution >= 4 is 29.0 Å². The number of benzene rings is 2. The van der Waals surface area contributed by atoms with Crippen LogP contribution < -0.4 is 5.32 Å².